The number of hydrogen-bond donors (Lipinski definition) is 2. The van der Waals surface area contributed by atoms with Gasteiger partial charge in [0.1, 0.15) is 6.54 Å². The molecule has 2 N–H and O–H groups in total. The first-order valence-corrected chi connectivity index (χ1v) is 11.0. The first kappa shape index (κ1) is 21.0. The summed E-state index contributed by atoms with van der Waals surface area (Å²) in [4.78, 5) is 23.8. The van der Waals surface area contributed by atoms with Gasteiger partial charge in [0.2, 0.25) is 10.0 Å². The lowest BCUT2D eigenvalue weighted by Gasteiger charge is -2.16. The van der Waals surface area contributed by atoms with Crippen LogP contribution in [0.15, 0.2) is 47.4 Å². The van der Waals surface area contributed by atoms with E-state index in [0.717, 1.165) is 36.8 Å². The van der Waals surface area contributed by atoms with Crippen molar-refractivity contribution in [3.63, 3.8) is 0 Å². The topological polar surface area (TPSA) is 102 Å². The molecule has 0 aromatic heterocycles. The third kappa shape index (κ3) is 5.88. The number of sulfonamides is 1. The number of rotatable bonds is 7. The molecule has 1 aliphatic rings. The van der Waals surface area contributed by atoms with Gasteiger partial charge in [-0.1, -0.05) is 18.2 Å². The van der Waals surface area contributed by atoms with E-state index in [2.05, 4.69) is 10.0 Å². The average Bonchev–Trinajstić information content (AvgIpc) is 2.70. The molecule has 8 heteroatoms. The molecule has 0 radical (unpaired) electrons. The molecule has 0 heterocycles. The Morgan fingerprint density at radius 2 is 1.79 bits per heavy atom. The maximum atomic E-state index is 12.4. The molecule has 0 unspecified atom stereocenters. The van der Waals surface area contributed by atoms with E-state index in [9.17, 15) is 18.0 Å². The number of anilines is 1. The van der Waals surface area contributed by atoms with E-state index in [-0.39, 0.29) is 4.90 Å². The highest BCUT2D eigenvalue weighted by Crippen LogP contribution is 2.24. The fraction of sp³-hybridized carbons (Fsp3) is 0.333. The maximum absolute atomic E-state index is 12.4. The van der Waals surface area contributed by atoms with Crippen molar-refractivity contribution in [1.29, 1.82) is 0 Å². The summed E-state index contributed by atoms with van der Waals surface area (Å²) in [6, 6.07) is 12.2. The third-order valence-corrected chi connectivity index (χ3v) is 6.10. The monoisotopic (exact) mass is 416 g/mol. The van der Waals surface area contributed by atoms with Crippen LogP contribution in [-0.2, 0) is 37.2 Å². The minimum absolute atomic E-state index is 0.128. The number of benzene rings is 2. The van der Waals surface area contributed by atoms with Crippen LogP contribution in [0.5, 0.6) is 0 Å². The van der Waals surface area contributed by atoms with Crippen LogP contribution in [-0.4, -0.2) is 33.4 Å². The second-order valence-electron chi connectivity index (χ2n) is 7.04. The van der Waals surface area contributed by atoms with Crippen molar-refractivity contribution in [2.75, 3.05) is 18.5 Å². The molecular formula is C21H24N2O5S. The number of aryl methyl sites for hydroxylation is 3. The van der Waals surface area contributed by atoms with E-state index in [4.69, 9.17) is 4.74 Å². The first-order chi connectivity index (χ1) is 13.8. The van der Waals surface area contributed by atoms with Crippen LogP contribution in [0.2, 0.25) is 0 Å². The van der Waals surface area contributed by atoms with Gasteiger partial charge in [-0.2, -0.15) is 4.72 Å². The summed E-state index contributed by atoms with van der Waals surface area (Å²) in [6.07, 6.45) is 3.97. The predicted molar refractivity (Wildman–Crippen MR) is 109 cm³/mol. The molecule has 29 heavy (non-hydrogen) atoms. The molecule has 1 aliphatic carbocycles. The molecule has 0 fully saturated rings. The van der Waals surface area contributed by atoms with Crippen molar-refractivity contribution in [3.05, 3.63) is 59.2 Å². The number of hydrogen-bond acceptors (Lipinski definition) is 5. The lowest BCUT2D eigenvalue weighted by atomic mass is 9.92. The second kappa shape index (κ2) is 9.19. The van der Waals surface area contributed by atoms with Crippen molar-refractivity contribution in [2.45, 2.75) is 37.5 Å². The molecule has 0 spiro atoms. The van der Waals surface area contributed by atoms with Crippen molar-refractivity contribution >= 4 is 27.6 Å². The third-order valence-electron chi connectivity index (χ3n) is 4.70. The van der Waals surface area contributed by atoms with E-state index in [1.165, 1.54) is 5.56 Å². The Labute approximate surface area is 170 Å². The Morgan fingerprint density at radius 3 is 2.55 bits per heavy atom. The molecule has 2 aromatic rings. The number of esters is 1. The van der Waals surface area contributed by atoms with Crippen LogP contribution in [0.3, 0.4) is 0 Å². The van der Waals surface area contributed by atoms with Crippen LogP contribution in [0.4, 0.5) is 5.69 Å². The molecule has 2 aromatic carbocycles. The van der Waals surface area contributed by atoms with Gasteiger partial charge in [0.05, 0.1) is 4.90 Å². The number of carbonyl (C=O) groups excluding carboxylic acids is 2. The van der Waals surface area contributed by atoms with Crippen LogP contribution in [0.1, 0.15) is 29.5 Å². The summed E-state index contributed by atoms with van der Waals surface area (Å²) in [5, 5.41) is 2.61. The largest absolute Gasteiger partial charge is 0.455 e. The zero-order valence-corrected chi connectivity index (χ0v) is 17.1. The fourth-order valence-electron chi connectivity index (χ4n) is 3.23. The molecule has 154 valence electrons. The minimum atomic E-state index is -3.83. The molecule has 0 atom stereocenters. The van der Waals surface area contributed by atoms with Crippen LogP contribution >= 0.6 is 0 Å². The quantitative estimate of drug-likeness (QED) is 0.675. The van der Waals surface area contributed by atoms with Gasteiger partial charge in [0.15, 0.2) is 6.61 Å². The van der Waals surface area contributed by atoms with E-state index in [0.29, 0.717) is 5.69 Å². The average molecular weight is 416 g/mol. The zero-order chi connectivity index (χ0) is 20.9. The molecule has 0 aliphatic heterocycles. The van der Waals surface area contributed by atoms with Crippen molar-refractivity contribution in [1.82, 2.24) is 4.72 Å². The Balaban J connectivity index is 1.48. The van der Waals surface area contributed by atoms with Gasteiger partial charge in [-0.3, -0.25) is 9.59 Å². The van der Waals surface area contributed by atoms with Gasteiger partial charge in [-0.05, 0) is 73.6 Å². The van der Waals surface area contributed by atoms with Crippen LogP contribution in [0, 0.1) is 6.92 Å². The first-order valence-electron chi connectivity index (χ1n) is 9.47. The standard InChI is InChI=1S/C21H24N2O5S/c1-15-5-4-8-18(11-15)23-20(24)14-28-21(25)13-22-29(26,27)19-10-9-16-6-2-3-7-17(16)12-19/h4-5,8-12,22H,2-3,6-7,13-14H2,1H3,(H,23,24). The fourth-order valence-corrected chi connectivity index (χ4v) is 4.25. The Bertz CT molecular complexity index is 1020. The number of nitrogens with one attached hydrogen (secondary N) is 2. The van der Waals surface area contributed by atoms with Gasteiger partial charge < -0.3 is 10.1 Å². The van der Waals surface area contributed by atoms with Gasteiger partial charge >= 0.3 is 5.97 Å². The highest BCUT2D eigenvalue weighted by atomic mass is 32.2. The van der Waals surface area contributed by atoms with Gasteiger partial charge in [-0.15, -0.1) is 0 Å². The molecule has 3 rings (SSSR count). The van der Waals surface area contributed by atoms with Crippen molar-refractivity contribution in [2.24, 2.45) is 0 Å². The van der Waals surface area contributed by atoms with Crippen molar-refractivity contribution < 1.29 is 22.7 Å². The normalized spacial score (nSPS) is 13.4. The molecule has 0 saturated carbocycles. The SMILES string of the molecule is Cc1cccc(NC(=O)COC(=O)CNS(=O)(=O)c2ccc3c(c2)CCCC3)c1. The summed E-state index contributed by atoms with van der Waals surface area (Å²) in [5.74, 6) is -1.33. The molecule has 7 nitrogen and oxygen atoms in total. The number of ether oxygens (including phenoxy) is 1. The molecular weight excluding hydrogens is 392 g/mol. The lowest BCUT2D eigenvalue weighted by molar-refractivity contribution is -0.146. The highest BCUT2D eigenvalue weighted by molar-refractivity contribution is 7.89. The summed E-state index contributed by atoms with van der Waals surface area (Å²) in [5.41, 5.74) is 3.79. The Morgan fingerprint density at radius 1 is 1.03 bits per heavy atom. The molecule has 0 saturated heterocycles. The molecule has 0 bridgehead atoms. The summed E-state index contributed by atoms with van der Waals surface area (Å²) < 4.78 is 31.9. The van der Waals surface area contributed by atoms with Crippen molar-refractivity contribution in [3.8, 4) is 0 Å². The summed E-state index contributed by atoms with van der Waals surface area (Å²) in [7, 11) is -3.83. The van der Waals surface area contributed by atoms with Gasteiger partial charge in [0, 0.05) is 5.69 Å². The van der Waals surface area contributed by atoms with Crippen LogP contribution in [0.25, 0.3) is 0 Å². The number of fused-ring (bicyclic) bond motifs is 1. The zero-order valence-electron chi connectivity index (χ0n) is 16.2. The summed E-state index contributed by atoms with van der Waals surface area (Å²) in [6.45, 7) is 0.856. The second-order valence-corrected chi connectivity index (χ2v) is 8.81. The predicted octanol–water partition coefficient (Wildman–Crippen LogP) is 2.33. The van der Waals surface area contributed by atoms with E-state index in [1.54, 1.807) is 30.3 Å². The van der Waals surface area contributed by atoms with E-state index < -0.39 is 35.1 Å². The Hall–Kier alpha value is -2.71. The maximum Gasteiger partial charge on any atom is 0.321 e. The smallest absolute Gasteiger partial charge is 0.321 e. The highest BCUT2D eigenvalue weighted by Gasteiger charge is 2.19. The summed E-state index contributed by atoms with van der Waals surface area (Å²) >= 11 is 0. The lowest BCUT2D eigenvalue weighted by Crippen LogP contribution is -2.32. The number of amides is 1. The Kier molecular flexibility index (Phi) is 6.66. The van der Waals surface area contributed by atoms with E-state index >= 15 is 0 Å². The van der Waals surface area contributed by atoms with Crippen LogP contribution < -0.4 is 10.0 Å². The minimum Gasteiger partial charge on any atom is -0.455 e. The molecule has 1 amide bonds. The van der Waals surface area contributed by atoms with E-state index in [1.807, 2.05) is 19.1 Å². The van der Waals surface area contributed by atoms with Gasteiger partial charge in [0.25, 0.3) is 5.91 Å². The number of carbonyl (C=O) groups is 2. The van der Waals surface area contributed by atoms with Gasteiger partial charge in [-0.25, -0.2) is 8.42 Å².